The van der Waals surface area contributed by atoms with E-state index in [1.807, 2.05) is 12.1 Å². The van der Waals surface area contributed by atoms with E-state index in [2.05, 4.69) is 20.5 Å². The number of hydrogen-bond donors (Lipinski definition) is 3. The number of phenolic OH excluding ortho intramolecular Hbond substituents is 1. The van der Waals surface area contributed by atoms with E-state index < -0.39 is 0 Å². The molecular formula is C16H18N4O2. The van der Waals surface area contributed by atoms with Crippen LogP contribution >= 0.6 is 0 Å². The zero-order valence-corrected chi connectivity index (χ0v) is 12.1. The summed E-state index contributed by atoms with van der Waals surface area (Å²) in [5.41, 5.74) is 0.233. The summed E-state index contributed by atoms with van der Waals surface area (Å²) < 4.78 is 0. The molecule has 0 atom stereocenters. The highest BCUT2D eigenvalue weighted by atomic mass is 16.3. The number of para-hydroxylation sites is 1. The molecule has 1 saturated heterocycles. The van der Waals surface area contributed by atoms with E-state index >= 15 is 0 Å². The molecule has 1 aromatic heterocycles. The Morgan fingerprint density at radius 1 is 1.14 bits per heavy atom. The van der Waals surface area contributed by atoms with E-state index in [0.29, 0.717) is 5.82 Å². The summed E-state index contributed by atoms with van der Waals surface area (Å²) in [6.45, 7) is 3.64. The molecule has 22 heavy (non-hydrogen) atoms. The number of anilines is 2. The van der Waals surface area contributed by atoms with Crippen LogP contribution in [-0.2, 0) is 0 Å². The van der Waals surface area contributed by atoms with E-state index in [1.165, 1.54) is 6.07 Å². The van der Waals surface area contributed by atoms with Gasteiger partial charge in [-0.25, -0.2) is 4.98 Å². The standard InChI is InChI=1S/C16H18N4O2/c21-13-5-2-1-4-12(13)16(22)19-14-6-3-7-15(18-14)20-10-8-17-9-11-20/h1-7,17,21H,8-11H2,(H,18,19,22). The highest BCUT2D eigenvalue weighted by Crippen LogP contribution is 2.19. The van der Waals surface area contributed by atoms with Gasteiger partial charge in [0.1, 0.15) is 17.4 Å². The van der Waals surface area contributed by atoms with Crippen LogP contribution in [0.3, 0.4) is 0 Å². The maximum Gasteiger partial charge on any atom is 0.260 e. The van der Waals surface area contributed by atoms with Crippen molar-refractivity contribution < 1.29 is 9.90 Å². The molecule has 6 nitrogen and oxygen atoms in total. The lowest BCUT2D eigenvalue weighted by Crippen LogP contribution is -2.43. The zero-order chi connectivity index (χ0) is 15.4. The summed E-state index contributed by atoms with van der Waals surface area (Å²) in [5.74, 6) is 0.905. The first-order valence-corrected chi connectivity index (χ1v) is 7.26. The van der Waals surface area contributed by atoms with Crippen LogP contribution in [-0.4, -0.2) is 42.2 Å². The van der Waals surface area contributed by atoms with Crippen molar-refractivity contribution in [3.05, 3.63) is 48.0 Å². The van der Waals surface area contributed by atoms with Crippen molar-refractivity contribution in [2.75, 3.05) is 36.4 Å². The van der Waals surface area contributed by atoms with Gasteiger partial charge in [0, 0.05) is 26.2 Å². The van der Waals surface area contributed by atoms with Gasteiger partial charge in [-0.2, -0.15) is 0 Å². The van der Waals surface area contributed by atoms with Gasteiger partial charge in [-0.05, 0) is 24.3 Å². The number of nitrogens with one attached hydrogen (secondary N) is 2. The van der Waals surface area contributed by atoms with Gasteiger partial charge in [0.25, 0.3) is 5.91 Å². The molecular weight excluding hydrogens is 280 g/mol. The lowest BCUT2D eigenvalue weighted by atomic mass is 10.2. The number of carbonyl (C=O) groups is 1. The Kier molecular flexibility index (Phi) is 4.20. The number of aromatic hydroxyl groups is 1. The number of amides is 1. The highest BCUT2D eigenvalue weighted by molar-refractivity contribution is 6.05. The molecule has 2 aromatic rings. The van der Waals surface area contributed by atoms with Crippen LogP contribution in [0.5, 0.6) is 5.75 Å². The number of piperazine rings is 1. The van der Waals surface area contributed by atoms with Crippen molar-refractivity contribution in [2.24, 2.45) is 0 Å². The Bertz CT molecular complexity index is 669. The van der Waals surface area contributed by atoms with Crippen molar-refractivity contribution in [2.45, 2.75) is 0 Å². The molecule has 114 valence electrons. The first-order valence-electron chi connectivity index (χ1n) is 7.26. The molecule has 1 fully saturated rings. The number of phenols is 1. The molecule has 0 saturated carbocycles. The SMILES string of the molecule is O=C(Nc1cccc(N2CCNCC2)n1)c1ccccc1O. The summed E-state index contributed by atoms with van der Waals surface area (Å²) >= 11 is 0. The maximum atomic E-state index is 12.2. The fraction of sp³-hybridized carbons (Fsp3) is 0.250. The first-order chi connectivity index (χ1) is 10.7. The Hall–Kier alpha value is -2.60. The lowest BCUT2D eigenvalue weighted by molar-refractivity contribution is 0.102. The number of aromatic nitrogens is 1. The largest absolute Gasteiger partial charge is 0.507 e. The third-order valence-corrected chi connectivity index (χ3v) is 3.57. The quantitative estimate of drug-likeness (QED) is 0.799. The summed E-state index contributed by atoms with van der Waals surface area (Å²) in [4.78, 5) is 18.8. The molecule has 0 unspecified atom stereocenters. The van der Waals surface area contributed by atoms with Crippen LogP contribution in [0.2, 0.25) is 0 Å². The monoisotopic (exact) mass is 298 g/mol. The summed E-state index contributed by atoms with van der Waals surface area (Å²) in [7, 11) is 0. The van der Waals surface area contributed by atoms with E-state index in [0.717, 1.165) is 32.0 Å². The van der Waals surface area contributed by atoms with Crippen LogP contribution in [0.15, 0.2) is 42.5 Å². The fourth-order valence-corrected chi connectivity index (χ4v) is 2.41. The predicted octanol–water partition coefficient (Wildman–Crippen LogP) is 1.45. The van der Waals surface area contributed by atoms with Crippen molar-refractivity contribution in [3.63, 3.8) is 0 Å². The van der Waals surface area contributed by atoms with Crippen molar-refractivity contribution >= 4 is 17.5 Å². The Balaban J connectivity index is 1.75. The van der Waals surface area contributed by atoms with Crippen LogP contribution in [0.25, 0.3) is 0 Å². The summed E-state index contributed by atoms with van der Waals surface area (Å²) in [6.07, 6.45) is 0. The van der Waals surface area contributed by atoms with E-state index in [4.69, 9.17) is 0 Å². The van der Waals surface area contributed by atoms with E-state index in [1.54, 1.807) is 24.3 Å². The Labute approximate surface area is 128 Å². The van der Waals surface area contributed by atoms with Crippen LogP contribution in [0, 0.1) is 0 Å². The van der Waals surface area contributed by atoms with Gasteiger partial charge in [-0.3, -0.25) is 4.79 Å². The van der Waals surface area contributed by atoms with Crippen LogP contribution in [0.1, 0.15) is 10.4 Å². The molecule has 1 amide bonds. The lowest BCUT2D eigenvalue weighted by Gasteiger charge is -2.28. The van der Waals surface area contributed by atoms with Crippen molar-refractivity contribution in [3.8, 4) is 5.75 Å². The molecule has 0 spiro atoms. The zero-order valence-electron chi connectivity index (χ0n) is 12.1. The Morgan fingerprint density at radius 2 is 1.91 bits per heavy atom. The minimum Gasteiger partial charge on any atom is -0.507 e. The first kappa shape index (κ1) is 14.3. The number of benzene rings is 1. The minimum atomic E-state index is -0.372. The van der Waals surface area contributed by atoms with Crippen molar-refractivity contribution in [1.82, 2.24) is 10.3 Å². The van der Waals surface area contributed by atoms with Gasteiger partial charge in [-0.15, -0.1) is 0 Å². The summed E-state index contributed by atoms with van der Waals surface area (Å²) in [6, 6.07) is 12.0. The van der Waals surface area contributed by atoms with Crippen molar-refractivity contribution in [1.29, 1.82) is 0 Å². The molecule has 3 N–H and O–H groups in total. The molecule has 0 aliphatic carbocycles. The van der Waals surface area contributed by atoms with Gasteiger partial charge in [0.05, 0.1) is 5.56 Å². The molecule has 3 rings (SSSR count). The Morgan fingerprint density at radius 3 is 2.68 bits per heavy atom. The maximum absolute atomic E-state index is 12.2. The second-order valence-electron chi connectivity index (χ2n) is 5.09. The second kappa shape index (κ2) is 6.44. The number of rotatable bonds is 3. The van der Waals surface area contributed by atoms with Gasteiger partial charge in [0.2, 0.25) is 0 Å². The van der Waals surface area contributed by atoms with E-state index in [-0.39, 0.29) is 17.2 Å². The average Bonchev–Trinajstić information content (AvgIpc) is 2.56. The number of nitrogens with zero attached hydrogens (tertiary/aromatic N) is 2. The third kappa shape index (κ3) is 3.17. The smallest absolute Gasteiger partial charge is 0.260 e. The van der Waals surface area contributed by atoms with Crippen LogP contribution < -0.4 is 15.5 Å². The highest BCUT2D eigenvalue weighted by Gasteiger charge is 2.14. The predicted molar refractivity (Wildman–Crippen MR) is 85.4 cm³/mol. The number of hydrogen-bond acceptors (Lipinski definition) is 5. The normalized spacial score (nSPS) is 14.6. The van der Waals surface area contributed by atoms with Gasteiger partial charge in [0.15, 0.2) is 0 Å². The third-order valence-electron chi connectivity index (χ3n) is 3.57. The molecule has 0 bridgehead atoms. The molecule has 2 heterocycles. The van der Waals surface area contributed by atoms with Crippen LogP contribution in [0.4, 0.5) is 11.6 Å². The van der Waals surface area contributed by atoms with Gasteiger partial charge < -0.3 is 20.6 Å². The molecule has 6 heteroatoms. The molecule has 1 aliphatic rings. The summed E-state index contributed by atoms with van der Waals surface area (Å²) in [5, 5.41) is 15.7. The number of carbonyl (C=O) groups excluding carboxylic acids is 1. The molecule has 0 radical (unpaired) electrons. The molecule has 1 aliphatic heterocycles. The van der Waals surface area contributed by atoms with E-state index in [9.17, 15) is 9.90 Å². The number of pyridine rings is 1. The topological polar surface area (TPSA) is 77.5 Å². The van der Waals surface area contributed by atoms with Gasteiger partial charge in [-0.1, -0.05) is 18.2 Å². The molecule has 1 aromatic carbocycles. The average molecular weight is 298 g/mol. The van der Waals surface area contributed by atoms with Gasteiger partial charge >= 0.3 is 0 Å². The fourth-order valence-electron chi connectivity index (χ4n) is 2.41. The minimum absolute atomic E-state index is 0.0433. The second-order valence-corrected chi connectivity index (χ2v) is 5.09.